The molecule has 1 fully saturated rings. The zero-order chi connectivity index (χ0) is 12.3. The Morgan fingerprint density at radius 1 is 1.29 bits per heavy atom. The van der Waals surface area contributed by atoms with Gasteiger partial charge < -0.3 is 10.4 Å². The van der Waals surface area contributed by atoms with E-state index in [4.69, 9.17) is 0 Å². The maximum absolute atomic E-state index is 12.0. The second-order valence-electron chi connectivity index (χ2n) is 5.13. The molecule has 1 aliphatic carbocycles. The number of phenolic OH excluding ortho intramolecular Hbond substituents is 1. The quantitative estimate of drug-likeness (QED) is 0.825. The Morgan fingerprint density at radius 3 is 2.65 bits per heavy atom. The summed E-state index contributed by atoms with van der Waals surface area (Å²) in [5, 5.41) is 12.4. The van der Waals surface area contributed by atoms with E-state index in [2.05, 4.69) is 12.2 Å². The third-order valence-corrected chi connectivity index (χ3v) is 3.48. The molecule has 0 spiro atoms. The van der Waals surface area contributed by atoms with Gasteiger partial charge in [0.05, 0.1) is 0 Å². The van der Waals surface area contributed by atoms with Crippen LogP contribution in [-0.2, 0) is 0 Å². The van der Waals surface area contributed by atoms with Gasteiger partial charge in [-0.1, -0.05) is 25.3 Å². The van der Waals surface area contributed by atoms with Gasteiger partial charge in [-0.2, -0.15) is 0 Å². The van der Waals surface area contributed by atoms with Gasteiger partial charge in [-0.15, -0.1) is 0 Å². The number of aromatic hydroxyl groups is 1. The Morgan fingerprint density at radius 2 is 2.00 bits per heavy atom. The predicted molar refractivity (Wildman–Crippen MR) is 67.1 cm³/mol. The lowest BCUT2D eigenvalue weighted by atomic mass is 9.83. The fourth-order valence-electron chi connectivity index (χ4n) is 2.45. The average Bonchev–Trinajstić information content (AvgIpc) is 2.29. The zero-order valence-electron chi connectivity index (χ0n) is 10.2. The summed E-state index contributed by atoms with van der Waals surface area (Å²) in [6.45, 7) is 2.10. The molecule has 2 N–H and O–H groups in total. The van der Waals surface area contributed by atoms with Crippen molar-refractivity contribution in [2.24, 2.45) is 0 Å². The van der Waals surface area contributed by atoms with E-state index < -0.39 is 0 Å². The summed E-state index contributed by atoms with van der Waals surface area (Å²) in [6.07, 6.45) is 5.69. The first-order valence-corrected chi connectivity index (χ1v) is 6.21. The highest BCUT2D eigenvalue weighted by Gasteiger charge is 2.28. The molecule has 92 valence electrons. The van der Waals surface area contributed by atoms with Crippen LogP contribution < -0.4 is 5.32 Å². The number of nitrogens with one attached hydrogen (secondary N) is 1. The van der Waals surface area contributed by atoms with Crippen LogP contribution in [0.25, 0.3) is 0 Å². The Bertz CT molecular complexity index is 408. The molecule has 2 rings (SSSR count). The molecule has 1 saturated carbocycles. The predicted octanol–water partition coefficient (Wildman–Crippen LogP) is 2.84. The molecule has 0 bridgehead atoms. The summed E-state index contributed by atoms with van der Waals surface area (Å²) in [6, 6.07) is 6.48. The lowest BCUT2D eigenvalue weighted by molar-refractivity contribution is 0.0882. The smallest absolute Gasteiger partial charge is 0.251 e. The second-order valence-corrected chi connectivity index (χ2v) is 5.13. The molecule has 0 heterocycles. The summed E-state index contributed by atoms with van der Waals surface area (Å²) in [7, 11) is 0. The Hall–Kier alpha value is -1.51. The van der Waals surface area contributed by atoms with Crippen LogP contribution >= 0.6 is 0 Å². The lowest BCUT2D eigenvalue weighted by Crippen LogP contribution is -2.47. The zero-order valence-corrected chi connectivity index (χ0v) is 10.2. The SMILES string of the molecule is CC1(NC(=O)c2cccc(O)c2)CCCCC1. The van der Waals surface area contributed by atoms with Crippen LogP contribution in [0, 0.1) is 0 Å². The molecule has 0 unspecified atom stereocenters. The Balaban J connectivity index is 2.06. The topological polar surface area (TPSA) is 49.3 Å². The average molecular weight is 233 g/mol. The molecule has 0 aliphatic heterocycles. The van der Waals surface area contributed by atoms with Gasteiger partial charge in [0.15, 0.2) is 0 Å². The first kappa shape index (κ1) is 12.0. The van der Waals surface area contributed by atoms with E-state index in [0.717, 1.165) is 12.8 Å². The summed E-state index contributed by atoms with van der Waals surface area (Å²) in [5.74, 6) is 0.0387. The first-order chi connectivity index (χ1) is 8.09. The summed E-state index contributed by atoms with van der Waals surface area (Å²) < 4.78 is 0. The van der Waals surface area contributed by atoms with Gasteiger partial charge in [0.25, 0.3) is 5.91 Å². The van der Waals surface area contributed by atoms with E-state index in [9.17, 15) is 9.90 Å². The van der Waals surface area contributed by atoms with Crippen molar-refractivity contribution >= 4 is 5.91 Å². The van der Waals surface area contributed by atoms with Gasteiger partial charge in [-0.3, -0.25) is 4.79 Å². The minimum Gasteiger partial charge on any atom is -0.508 e. The molecule has 1 aromatic carbocycles. The molecule has 3 heteroatoms. The van der Waals surface area contributed by atoms with Crippen molar-refractivity contribution in [1.82, 2.24) is 5.32 Å². The van der Waals surface area contributed by atoms with Crippen LogP contribution in [-0.4, -0.2) is 16.6 Å². The molecule has 0 aromatic heterocycles. The van der Waals surface area contributed by atoms with Crippen molar-refractivity contribution < 1.29 is 9.90 Å². The van der Waals surface area contributed by atoms with Gasteiger partial charge in [-0.05, 0) is 38.0 Å². The molecule has 1 aliphatic rings. The maximum Gasteiger partial charge on any atom is 0.251 e. The number of hydrogen-bond acceptors (Lipinski definition) is 2. The molecular weight excluding hydrogens is 214 g/mol. The molecule has 17 heavy (non-hydrogen) atoms. The second kappa shape index (κ2) is 4.78. The highest BCUT2D eigenvalue weighted by atomic mass is 16.3. The normalized spacial score (nSPS) is 18.6. The Labute approximate surface area is 102 Å². The fraction of sp³-hybridized carbons (Fsp3) is 0.500. The summed E-state index contributed by atoms with van der Waals surface area (Å²) in [4.78, 5) is 12.0. The van der Waals surface area contributed by atoms with E-state index in [0.29, 0.717) is 5.56 Å². The van der Waals surface area contributed by atoms with E-state index in [1.165, 1.54) is 25.3 Å². The van der Waals surface area contributed by atoms with Gasteiger partial charge in [0, 0.05) is 11.1 Å². The maximum atomic E-state index is 12.0. The van der Waals surface area contributed by atoms with Crippen LogP contribution in [0.15, 0.2) is 24.3 Å². The van der Waals surface area contributed by atoms with Crippen molar-refractivity contribution in [3.63, 3.8) is 0 Å². The van der Waals surface area contributed by atoms with E-state index in [1.807, 2.05) is 0 Å². The number of amides is 1. The van der Waals surface area contributed by atoms with Gasteiger partial charge in [-0.25, -0.2) is 0 Å². The minimum atomic E-state index is -0.0923. The summed E-state index contributed by atoms with van der Waals surface area (Å²) in [5.41, 5.74) is 0.442. The van der Waals surface area contributed by atoms with Crippen molar-refractivity contribution in [1.29, 1.82) is 0 Å². The molecule has 1 amide bonds. The number of hydrogen-bond donors (Lipinski definition) is 2. The molecule has 0 radical (unpaired) electrons. The number of phenols is 1. The van der Waals surface area contributed by atoms with Crippen LogP contribution in [0.2, 0.25) is 0 Å². The van der Waals surface area contributed by atoms with E-state index in [-0.39, 0.29) is 17.2 Å². The lowest BCUT2D eigenvalue weighted by Gasteiger charge is -2.34. The third-order valence-electron chi connectivity index (χ3n) is 3.48. The van der Waals surface area contributed by atoms with Crippen molar-refractivity contribution in [3.8, 4) is 5.75 Å². The van der Waals surface area contributed by atoms with Crippen LogP contribution in [0.3, 0.4) is 0 Å². The number of carbonyl (C=O) groups excluding carboxylic acids is 1. The van der Waals surface area contributed by atoms with Gasteiger partial charge in [0.2, 0.25) is 0 Å². The molecule has 0 saturated heterocycles. The molecule has 0 atom stereocenters. The highest BCUT2D eigenvalue weighted by molar-refractivity contribution is 5.95. The van der Waals surface area contributed by atoms with Gasteiger partial charge >= 0.3 is 0 Å². The number of benzene rings is 1. The monoisotopic (exact) mass is 233 g/mol. The first-order valence-electron chi connectivity index (χ1n) is 6.21. The molecular formula is C14H19NO2. The highest BCUT2D eigenvalue weighted by Crippen LogP contribution is 2.28. The van der Waals surface area contributed by atoms with Crippen LogP contribution in [0.1, 0.15) is 49.4 Å². The largest absolute Gasteiger partial charge is 0.508 e. The van der Waals surface area contributed by atoms with Crippen LogP contribution in [0.4, 0.5) is 0 Å². The molecule has 3 nitrogen and oxygen atoms in total. The third kappa shape index (κ3) is 2.99. The van der Waals surface area contributed by atoms with Crippen molar-refractivity contribution in [2.75, 3.05) is 0 Å². The summed E-state index contributed by atoms with van der Waals surface area (Å²) >= 11 is 0. The fourth-order valence-corrected chi connectivity index (χ4v) is 2.45. The Kier molecular flexibility index (Phi) is 3.36. The number of carbonyl (C=O) groups is 1. The molecule has 1 aromatic rings. The van der Waals surface area contributed by atoms with E-state index in [1.54, 1.807) is 18.2 Å². The van der Waals surface area contributed by atoms with Crippen molar-refractivity contribution in [3.05, 3.63) is 29.8 Å². The standard InChI is InChI=1S/C14H19NO2/c1-14(8-3-2-4-9-14)15-13(17)11-6-5-7-12(16)10-11/h5-7,10,16H,2-4,8-9H2,1H3,(H,15,17). The van der Waals surface area contributed by atoms with Crippen LogP contribution in [0.5, 0.6) is 5.75 Å². The number of rotatable bonds is 2. The van der Waals surface area contributed by atoms with Gasteiger partial charge in [0.1, 0.15) is 5.75 Å². The van der Waals surface area contributed by atoms with Crippen molar-refractivity contribution in [2.45, 2.75) is 44.6 Å². The minimum absolute atomic E-state index is 0.0825. The van der Waals surface area contributed by atoms with E-state index >= 15 is 0 Å².